The molecular weight excluding hydrogens is 646 g/mol. The van der Waals surface area contributed by atoms with E-state index in [9.17, 15) is 79.0 Å². The minimum absolute atomic E-state index is 0.782. The average Bonchev–Trinajstić information content (AvgIpc) is 2.73. The predicted octanol–water partition coefficient (Wildman–Crippen LogP) is 11.8. The smallest absolute Gasteiger partial charge is 0.410 e. The highest BCUT2D eigenvalue weighted by Crippen LogP contribution is 2.62. The molecule has 0 radical (unpaired) electrons. The van der Waals surface area contributed by atoms with E-state index in [1.54, 1.807) is 0 Å². The lowest BCUT2D eigenvalue weighted by molar-refractivity contribution is -0.348. The maximum Gasteiger partial charge on any atom is 0.410 e. The molecule has 0 rings (SSSR count). The molecular formula is C24H28F18O. The Bertz CT molecular complexity index is 811. The van der Waals surface area contributed by atoms with Crippen LogP contribution in [0.4, 0.5) is 79.0 Å². The number of hydrogen-bond donors (Lipinski definition) is 0. The zero-order chi connectivity index (χ0) is 34.7. The first-order valence-corrected chi connectivity index (χ1v) is 12.3. The van der Waals surface area contributed by atoms with E-state index >= 15 is 0 Å². The van der Waals surface area contributed by atoms with Crippen LogP contribution in [0.25, 0.3) is 0 Å². The molecule has 0 aromatic heterocycles. The molecule has 0 saturated carbocycles. The highest BCUT2D eigenvalue weighted by Gasteiger charge is 2.76. The van der Waals surface area contributed by atoms with E-state index in [0.29, 0.717) is 0 Å². The van der Waals surface area contributed by atoms with Crippen molar-refractivity contribution in [2.45, 2.75) is 102 Å². The lowest BCUT2D eigenvalue weighted by Crippen LogP contribution is -2.54. The van der Waals surface area contributed by atoms with Gasteiger partial charge in [-0.2, -0.15) is 79.0 Å². The molecule has 0 heterocycles. The fraction of sp³-hybridized carbons (Fsp3) is 0.833. The summed E-state index contributed by atoms with van der Waals surface area (Å²) in [7, 11) is 0. The Morgan fingerprint density at radius 2 is 0.721 bits per heavy atom. The van der Waals surface area contributed by atoms with Crippen molar-refractivity contribution < 1.29 is 83.8 Å². The number of ether oxygens (including phenoxy) is 1. The van der Waals surface area contributed by atoms with Crippen LogP contribution in [-0.2, 0) is 4.74 Å². The first kappa shape index (κ1) is 41.0. The number of alkyl halides is 18. The fourth-order valence-electron chi connectivity index (χ4n) is 4.55. The van der Waals surface area contributed by atoms with Crippen LogP contribution in [-0.4, -0.2) is 37.1 Å². The van der Waals surface area contributed by atoms with E-state index < -0.39 is 123 Å². The Morgan fingerprint density at radius 3 is 0.884 bits per heavy atom. The SMILES string of the molecule is C=C(OC(=C)C(CCCC(CC)C(F)(F)F)(C(F)(F)F)C(F)(F)F)C(CCCC(CC)C(F)(F)F)(C(F)(F)F)C(F)(F)F. The molecule has 0 bridgehead atoms. The largest absolute Gasteiger partial charge is 0.465 e. The van der Waals surface area contributed by atoms with Crippen LogP contribution in [0, 0.1) is 22.7 Å². The third-order valence-electron chi connectivity index (χ3n) is 7.25. The number of allylic oxidation sites excluding steroid dienone is 2. The topological polar surface area (TPSA) is 9.23 Å². The van der Waals surface area contributed by atoms with Gasteiger partial charge in [-0.25, -0.2) is 0 Å². The molecule has 2 atom stereocenters. The van der Waals surface area contributed by atoms with Gasteiger partial charge < -0.3 is 4.74 Å². The van der Waals surface area contributed by atoms with Crippen molar-refractivity contribution >= 4 is 0 Å². The van der Waals surface area contributed by atoms with E-state index in [-0.39, 0.29) is 0 Å². The Balaban J connectivity index is 6.76. The van der Waals surface area contributed by atoms with Crippen molar-refractivity contribution in [3.8, 4) is 0 Å². The zero-order valence-corrected chi connectivity index (χ0v) is 22.4. The molecule has 0 amide bonds. The maximum atomic E-state index is 14.0. The van der Waals surface area contributed by atoms with E-state index in [1.165, 1.54) is 0 Å². The van der Waals surface area contributed by atoms with E-state index in [1.807, 2.05) is 0 Å². The number of halogens is 18. The molecule has 0 N–H and O–H groups in total. The van der Waals surface area contributed by atoms with Crippen LogP contribution in [0.5, 0.6) is 0 Å². The second-order valence-electron chi connectivity index (χ2n) is 9.83. The quantitative estimate of drug-likeness (QED) is 0.132. The summed E-state index contributed by atoms with van der Waals surface area (Å²) < 4.78 is 249. The summed E-state index contributed by atoms with van der Waals surface area (Å²) in [4.78, 5) is 0. The standard InChI is InChI=1S/C24H28F18O/c1-5-15(19(25,26)27)9-7-11-17(21(31,32)33,22(34,35)36)13(3)43-14(4)18(23(37,38)39,24(40,41)42)12-8-10-16(6-2)20(28,29)30/h15-16H,3-12H2,1-2H3. The first-order valence-electron chi connectivity index (χ1n) is 12.3. The summed E-state index contributed by atoms with van der Waals surface area (Å²) in [6, 6.07) is 0. The minimum Gasteiger partial charge on any atom is -0.465 e. The zero-order valence-electron chi connectivity index (χ0n) is 22.4. The van der Waals surface area contributed by atoms with Gasteiger partial charge >= 0.3 is 37.1 Å². The van der Waals surface area contributed by atoms with Crippen LogP contribution >= 0.6 is 0 Å². The monoisotopic (exact) mass is 674 g/mol. The third kappa shape index (κ3) is 9.03. The fourth-order valence-corrected chi connectivity index (χ4v) is 4.55. The van der Waals surface area contributed by atoms with Crippen LogP contribution in [0.15, 0.2) is 24.7 Å². The molecule has 0 aromatic carbocycles. The van der Waals surface area contributed by atoms with Crippen molar-refractivity contribution in [3.05, 3.63) is 24.7 Å². The maximum absolute atomic E-state index is 14.0. The first-order chi connectivity index (χ1) is 18.9. The van der Waals surface area contributed by atoms with Crippen molar-refractivity contribution in [1.82, 2.24) is 0 Å². The summed E-state index contributed by atoms with van der Waals surface area (Å²) in [5, 5.41) is 0. The van der Waals surface area contributed by atoms with E-state index in [0.717, 1.165) is 13.8 Å². The van der Waals surface area contributed by atoms with Crippen LogP contribution < -0.4 is 0 Å². The summed E-state index contributed by atoms with van der Waals surface area (Å²) in [5.74, 6) is -10.4. The molecule has 0 aromatic rings. The molecule has 0 spiro atoms. The lowest BCUT2D eigenvalue weighted by atomic mass is 9.76. The average molecular weight is 674 g/mol. The highest BCUT2D eigenvalue weighted by atomic mass is 19.4. The summed E-state index contributed by atoms with van der Waals surface area (Å²) in [6.45, 7) is 6.37. The van der Waals surface area contributed by atoms with Crippen LogP contribution in [0.2, 0.25) is 0 Å². The van der Waals surface area contributed by atoms with Crippen LogP contribution in [0.1, 0.15) is 65.2 Å². The number of rotatable bonds is 14. The van der Waals surface area contributed by atoms with Gasteiger partial charge in [-0.3, -0.25) is 0 Å². The lowest BCUT2D eigenvalue weighted by Gasteiger charge is -2.42. The van der Waals surface area contributed by atoms with Crippen molar-refractivity contribution in [2.75, 3.05) is 0 Å². The van der Waals surface area contributed by atoms with E-state index in [2.05, 4.69) is 17.9 Å². The van der Waals surface area contributed by atoms with Gasteiger partial charge in [0.25, 0.3) is 0 Å². The van der Waals surface area contributed by atoms with Gasteiger partial charge in [0.1, 0.15) is 11.5 Å². The molecule has 256 valence electrons. The summed E-state index contributed by atoms with van der Waals surface area (Å²) >= 11 is 0. The molecule has 0 aliphatic heterocycles. The molecule has 0 aliphatic rings. The summed E-state index contributed by atoms with van der Waals surface area (Å²) in [5.41, 5.74) is -10.9. The Morgan fingerprint density at radius 1 is 0.488 bits per heavy atom. The molecule has 0 fully saturated rings. The molecule has 0 saturated heterocycles. The van der Waals surface area contributed by atoms with Gasteiger partial charge in [0.15, 0.2) is 0 Å². The number of hydrogen-bond acceptors (Lipinski definition) is 1. The van der Waals surface area contributed by atoms with Crippen molar-refractivity contribution in [3.63, 3.8) is 0 Å². The van der Waals surface area contributed by atoms with Crippen molar-refractivity contribution in [1.29, 1.82) is 0 Å². The summed E-state index contributed by atoms with van der Waals surface area (Å²) in [6.07, 6.45) is -48.7. The molecule has 1 nitrogen and oxygen atoms in total. The van der Waals surface area contributed by atoms with Gasteiger partial charge in [-0.1, -0.05) is 39.8 Å². The Hall–Kier alpha value is -1.98. The van der Waals surface area contributed by atoms with Gasteiger partial charge in [0.2, 0.25) is 10.8 Å². The Labute approximate surface area is 234 Å². The van der Waals surface area contributed by atoms with Gasteiger partial charge in [0, 0.05) is 0 Å². The van der Waals surface area contributed by atoms with Crippen LogP contribution in [0.3, 0.4) is 0 Å². The molecule has 2 unspecified atom stereocenters. The molecule has 43 heavy (non-hydrogen) atoms. The highest BCUT2D eigenvalue weighted by molar-refractivity contribution is 5.20. The van der Waals surface area contributed by atoms with Gasteiger partial charge in [-0.15, -0.1) is 0 Å². The van der Waals surface area contributed by atoms with Crippen molar-refractivity contribution in [2.24, 2.45) is 22.7 Å². The molecule has 19 heteroatoms. The Kier molecular flexibility index (Phi) is 12.9. The second kappa shape index (κ2) is 13.6. The molecule has 0 aliphatic carbocycles. The third-order valence-corrected chi connectivity index (χ3v) is 7.25. The van der Waals surface area contributed by atoms with Gasteiger partial charge in [-0.05, 0) is 38.5 Å². The van der Waals surface area contributed by atoms with Gasteiger partial charge in [0.05, 0.1) is 11.8 Å². The predicted molar refractivity (Wildman–Crippen MR) is 116 cm³/mol. The van der Waals surface area contributed by atoms with E-state index in [4.69, 9.17) is 0 Å². The second-order valence-corrected chi connectivity index (χ2v) is 9.83. The normalized spacial score (nSPS) is 16.2. The minimum atomic E-state index is -6.62.